The van der Waals surface area contributed by atoms with Gasteiger partial charge < -0.3 is 9.64 Å². The van der Waals surface area contributed by atoms with E-state index in [0.717, 1.165) is 15.6 Å². The van der Waals surface area contributed by atoms with Crippen LogP contribution in [-0.4, -0.2) is 30.9 Å². The van der Waals surface area contributed by atoms with Crippen LogP contribution in [0, 0.1) is 0 Å². The lowest BCUT2D eigenvalue weighted by Crippen LogP contribution is -2.24. The van der Waals surface area contributed by atoms with Gasteiger partial charge in [-0.2, -0.15) is 0 Å². The summed E-state index contributed by atoms with van der Waals surface area (Å²) >= 11 is 3.45. The first-order chi connectivity index (χ1) is 11.5. The molecule has 124 valence electrons. The van der Waals surface area contributed by atoms with Crippen molar-refractivity contribution in [1.82, 2.24) is 4.90 Å². The van der Waals surface area contributed by atoms with E-state index in [1.165, 1.54) is 7.11 Å². The Kier molecular flexibility index (Phi) is 6.32. The van der Waals surface area contributed by atoms with E-state index >= 15 is 0 Å². The molecule has 0 bridgehead atoms. The summed E-state index contributed by atoms with van der Waals surface area (Å²) in [7, 11) is 3.08. The minimum absolute atomic E-state index is 0.0946. The van der Waals surface area contributed by atoms with Gasteiger partial charge in [-0.1, -0.05) is 46.3 Å². The van der Waals surface area contributed by atoms with Crippen LogP contribution in [0.25, 0.3) is 6.08 Å². The quantitative estimate of drug-likeness (QED) is 0.577. The van der Waals surface area contributed by atoms with Crippen molar-refractivity contribution in [1.29, 1.82) is 0 Å². The lowest BCUT2D eigenvalue weighted by Gasteiger charge is -2.15. The number of carbonyl (C=O) groups excluding carboxylic acids is 2. The van der Waals surface area contributed by atoms with Crippen molar-refractivity contribution in [2.24, 2.45) is 0 Å². The largest absolute Gasteiger partial charge is 0.465 e. The van der Waals surface area contributed by atoms with Crippen LogP contribution in [-0.2, 0) is 16.1 Å². The van der Waals surface area contributed by atoms with E-state index in [1.807, 2.05) is 36.4 Å². The second kappa shape index (κ2) is 8.45. The third kappa shape index (κ3) is 4.80. The molecule has 5 heteroatoms. The molecule has 4 nitrogen and oxygen atoms in total. The highest BCUT2D eigenvalue weighted by Crippen LogP contribution is 2.17. The zero-order valence-electron chi connectivity index (χ0n) is 13.5. The highest BCUT2D eigenvalue weighted by Gasteiger charge is 2.08. The minimum Gasteiger partial charge on any atom is -0.465 e. The van der Waals surface area contributed by atoms with Gasteiger partial charge in [-0.05, 0) is 35.4 Å². The van der Waals surface area contributed by atoms with Crippen molar-refractivity contribution < 1.29 is 14.3 Å². The molecule has 0 radical (unpaired) electrons. The monoisotopic (exact) mass is 387 g/mol. The Labute approximate surface area is 149 Å². The van der Waals surface area contributed by atoms with Gasteiger partial charge in [0.1, 0.15) is 0 Å². The van der Waals surface area contributed by atoms with Gasteiger partial charge in [-0.25, -0.2) is 4.79 Å². The number of rotatable bonds is 5. The Hall–Kier alpha value is -2.40. The Morgan fingerprint density at radius 1 is 1.12 bits per heavy atom. The molecule has 0 aliphatic heterocycles. The van der Waals surface area contributed by atoms with Crippen LogP contribution in [0.2, 0.25) is 0 Å². The van der Waals surface area contributed by atoms with Gasteiger partial charge in [-0.3, -0.25) is 4.79 Å². The smallest absolute Gasteiger partial charge is 0.337 e. The summed E-state index contributed by atoms with van der Waals surface area (Å²) in [6, 6.07) is 14.7. The van der Waals surface area contributed by atoms with E-state index in [2.05, 4.69) is 20.7 Å². The molecule has 0 spiro atoms. The van der Waals surface area contributed by atoms with Crippen LogP contribution in [0.1, 0.15) is 21.5 Å². The minimum atomic E-state index is -0.373. The first-order valence-electron chi connectivity index (χ1n) is 7.36. The number of nitrogens with zero attached hydrogens (tertiary/aromatic N) is 1. The summed E-state index contributed by atoms with van der Waals surface area (Å²) in [5.74, 6) is -0.467. The normalized spacial score (nSPS) is 10.6. The van der Waals surface area contributed by atoms with Crippen LogP contribution in [0.5, 0.6) is 0 Å². The van der Waals surface area contributed by atoms with E-state index in [1.54, 1.807) is 36.2 Å². The maximum absolute atomic E-state index is 12.2. The molecule has 0 fully saturated rings. The predicted molar refractivity (Wildman–Crippen MR) is 97.4 cm³/mol. The lowest BCUT2D eigenvalue weighted by molar-refractivity contribution is -0.125. The van der Waals surface area contributed by atoms with Crippen molar-refractivity contribution in [3.8, 4) is 0 Å². The summed E-state index contributed by atoms with van der Waals surface area (Å²) in [5.41, 5.74) is 2.37. The zero-order chi connectivity index (χ0) is 17.5. The van der Waals surface area contributed by atoms with E-state index < -0.39 is 0 Å². The topological polar surface area (TPSA) is 46.6 Å². The van der Waals surface area contributed by atoms with E-state index in [9.17, 15) is 9.59 Å². The molecule has 0 heterocycles. The van der Waals surface area contributed by atoms with Gasteiger partial charge in [0.05, 0.1) is 12.7 Å². The highest BCUT2D eigenvalue weighted by molar-refractivity contribution is 9.10. The average Bonchev–Trinajstić information content (AvgIpc) is 2.60. The number of hydrogen-bond acceptors (Lipinski definition) is 3. The first kappa shape index (κ1) is 17.9. The maximum atomic E-state index is 12.2. The van der Waals surface area contributed by atoms with Gasteiger partial charge in [0, 0.05) is 24.1 Å². The van der Waals surface area contributed by atoms with Gasteiger partial charge in [-0.15, -0.1) is 0 Å². The molecule has 24 heavy (non-hydrogen) atoms. The molecule has 0 atom stereocenters. The van der Waals surface area contributed by atoms with Gasteiger partial charge in [0.25, 0.3) is 0 Å². The predicted octanol–water partition coefficient (Wildman–Crippen LogP) is 3.91. The third-order valence-electron chi connectivity index (χ3n) is 3.48. The molecule has 0 unspecified atom stereocenters. The summed E-state index contributed by atoms with van der Waals surface area (Å²) in [5, 5.41) is 0. The van der Waals surface area contributed by atoms with E-state index in [0.29, 0.717) is 12.1 Å². The number of likely N-dealkylation sites (N-methyl/N-ethyl adjacent to an activating group) is 1. The molecule has 2 rings (SSSR count). The van der Waals surface area contributed by atoms with Crippen molar-refractivity contribution in [3.05, 3.63) is 75.8 Å². The van der Waals surface area contributed by atoms with Crippen molar-refractivity contribution in [2.45, 2.75) is 6.54 Å². The zero-order valence-corrected chi connectivity index (χ0v) is 15.1. The highest BCUT2D eigenvalue weighted by atomic mass is 79.9. The molecular formula is C19H18BrNO3. The number of methoxy groups -OCH3 is 1. The second-order valence-electron chi connectivity index (χ2n) is 5.24. The Bertz CT molecular complexity index is 753. The summed E-state index contributed by atoms with van der Waals surface area (Å²) in [6.45, 7) is 0.459. The molecule has 1 amide bonds. The Morgan fingerprint density at radius 2 is 1.79 bits per heavy atom. The number of esters is 1. The van der Waals surface area contributed by atoms with Crippen LogP contribution < -0.4 is 0 Å². The number of carbonyl (C=O) groups is 2. The van der Waals surface area contributed by atoms with Gasteiger partial charge in [0.15, 0.2) is 0 Å². The van der Waals surface area contributed by atoms with E-state index in [-0.39, 0.29) is 11.9 Å². The van der Waals surface area contributed by atoms with Crippen LogP contribution in [0.3, 0.4) is 0 Å². The molecule has 2 aromatic carbocycles. The van der Waals surface area contributed by atoms with Crippen molar-refractivity contribution in [3.63, 3.8) is 0 Å². The molecule has 0 aromatic heterocycles. The number of benzene rings is 2. The number of halogens is 1. The maximum Gasteiger partial charge on any atom is 0.337 e. The fourth-order valence-corrected chi connectivity index (χ4v) is 2.53. The summed E-state index contributed by atoms with van der Waals surface area (Å²) in [6.07, 6.45) is 3.33. The van der Waals surface area contributed by atoms with Crippen LogP contribution in [0.15, 0.2) is 59.1 Å². The molecule has 0 N–H and O–H groups in total. The fourth-order valence-electron chi connectivity index (χ4n) is 2.11. The van der Waals surface area contributed by atoms with Gasteiger partial charge in [0.2, 0.25) is 5.91 Å². The molecular weight excluding hydrogens is 370 g/mol. The fraction of sp³-hybridized carbons (Fsp3) is 0.158. The number of hydrogen-bond donors (Lipinski definition) is 0. The molecule has 0 aliphatic rings. The second-order valence-corrected chi connectivity index (χ2v) is 6.09. The molecule has 2 aromatic rings. The number of ether oxygens (including phenoxy) is 1. The number of amides is 1. The van der Waals surface area contributed by atoms with Gasteiger partial charge >= 0.3 is 5.97 Å². The third-order valence-corrected chi connectivity index (χ3v) is 4.20. The molecule has 0 saturated carbocycles. The van der Waals surface area contributed by atoms with Crippen molar-refractivity contribution >= 4 is 33.9 Å². The molecule has 0 saturated heterocycles. The Balaban J connectivity index is 1.99. The van der Waals surface area contributed by atoms with Crippen molar-refractivity contribution in [2.75, 3.05) is 14.2 Å². The SMILES string of the molecule is COC(=O)c1ccc(CN(C)C(=O)C=Cc2ccccc2Br)cc1. The lowest BCUT2D eigenvalue weighted by atomic mass is 10.1. The first-order valence-corrected chi connectivity index (χ1v) is 8.15. The standard InChI is InChI=1S/C19H18BrNO3/c1-21(13-14-7-9-16(10-8-14)19(23)24-2)18(22)12-11-15-5-3-4-6-17(15)20/h3-12H,13H2,1-2H3. The summed E-state index contributed by atoms with van der Waals surface area (Å²) in [4.78, 5) is 25.2. The summed E-state index contributed by atoms with van der Waals surface area (Å²) < 4.78 is 5.60. The molecule has 0 aliphatic carbocycles. The average molecular weight is 388 g/mol. The van der Waals surface area contributed by atoms with Crippen LogP contribution >= 0.6 is 15.9 Å². The van der Waals surface area contributed by atoms with E-state index in [4.69, 9.17) is 0 Å². The van der Waals surface area contributed by atoms with Crippen LogP contribution in [0.4, 0.5) is 0 Å². The Morgan fingerprint density at radius 3 is 2.42 bits per heavy atom.